The summed E-state index contributed by atoms with van der Waals surface area (Å²) >= 11 is 0.767. The summed E-state index contributed by atoms with van der Waals surface area (Å²) in [6.07, 6.45) is 0. The van der Waals surface area contributed by atoms with Crippen molar-refractivity contribution >= 4 is 26.8 Å². The van der Waals surface area contributed by atoms with Crippen molar-refractivity contribution in [1.82, 2.24) is 0 Å². The van der Waals surface area contributed by atoms with Crippen molar-refractivity contribution in [3.05, 3.63) is 22.4 Å². The van der Waals surface area contributed by atoms with Crippen LogP contribution in [0.25, 0.3) is 0 Å². The zero-order valence-corrected chi connectivity index (χ0v) is 10.2. The molecule has 0 radical (unpaired) electrons. The third-order valence-corrected chi connectivity index (χ3v) is 2.69. The fraction of sp³-hybridized carbons (Fsp3) is 0.444. The molecule has 4 nitrogen and oxygen atoms in total. The molecule has 0 amide bonds. The molecule has 1 aromatic rings. The lowest BCUT2D eigenvalue weighted by molar-refractivity contribution is 0.120. The van der Waals surface area contributed by atoms with E-state index in [4.69, 9.17) is 9.15 Å². The molecule has 0 N–H and O–H groups in total. The average molecular weight is 209 g/mol. The molecule has 2 rings (SSSR count). The molecule has 5 heteroatoms. The topological polar surface area (TPSA) is 42.7 Å². The molecule has 14 heavy (non-hydrogen) atoms. The smallest absolute Gasteiger partial charge is 0.318 e. The van der Waals surface area contributed by atoms with Gasteiger partial charge in [-0.1, -0.05) is 0 Å². The molecule has 0 bridgehead atoms. The van der Waals surface area contributed by atoms with Crippen LogP contribution in [0.1, 0.15) is 0 Å². The van der Waals surface area contributed by atoms with E-state index in [1.54, 1.807) is 12.1 Å². The highest BCUT2D eigenvalue weighted by molar-refractivity contribution is 6.29. The number of nitrogens with zero attached hydrogens (tertiary/aromatic N) is 1. The molecule has 0 atom stereocenters. The van der Waals surface area contributed by atoms with Gasteiger partial charge in [0.25, 0.3) is 0 Å². The largest absolute Gasteiger partial charge is 0.465 e. The SMILES string of the molecule is O=c1c[c]([AlH2])oc(N2CCOCC2)c1. The lowest BCUT2D eigenvalue weighted by atomic mass is 10.4. The van der Waals surface area contributed by atoms with Crippen LogP contribution in [-0.4, -0.2) is 42.6 Å². The fourth-order valence-corrected chi connectivity index (χ4v) is 2.02. The molecule has 0 spiro atoms. The van der Waals surface area contributed by atoms with Crippen LogP contribution in [0.5, 0.6) is 0 Å². The molecular weight excluding hydrogens is 197 g/mol. The van der Waals surface area contributed by atoms with Crippen molar-refractivity contribution in [3.63, 3.8) is 0 Å². The van der Waals surface area contributed by atoms with E-state index in [1.807, 2.05) is 4.90 Å². The van der Waals surface area contributed by atoms with Crippen LogP contribution >= 0.6 is 0 Å². The molecule has 1 aliphatic rings. The van der Waals surface area contributed by atoms with Gasteiger partial charge >= 0.3 is 16.3 Å². The molecule has 0 saturated carbocycles. The van der Waals surface area contributed by atoms with Gasteiger partial charge in [-0.25, -0.2) is 0 Å². The fourth-order valence-electron chi connectivity index (χ4n) is 1.53. The summed E-state index contributed by atoms with van der Waals surface area (Å²) in [5, 5.41) is 0. The number of hydrogen-bond donors (Lipinski definition) is 0. The van der Waals surface area contributed by atoms with Gasteiger partial charge in [-0.2, -0.15) is 0 Å². The molecule has 0 aromatic carbocycles. The highest BCUT2D eigenvalue weighted by Gasteiger charge is 2.13. The van der Waals surface area contributed by atoms with Crippen molar-refractivity contribution in [1.29, 1.82) is 0 Å². The standard InChI is InChI=1S/C9H10NO3.Al.2H/c11-8-1-4-13-9(7-8)10-2-5-12-6-3-10;;;/h1,7H,2-3,5-6H2;;;. The van der Waals surface area contributed by atoms with Crippen LogP contribution < -0.4 is 15.0 Å². The predicted molar refractivity (Wildman–Crippen MR) is 56.2 cm³/mol. The average Bonchev–Trinajstić information content (AvgIpc) is 2.18. The Balaban J connectivity index is 2.26. The molecule has 1 fully saturated rings. The highest BCUT2D eigenvalue weighted by atomic mass is 27.0. The number of rotatable bonds is 1. The van der Waals surface area contributed by atoms with Crippen LogP contribution in [0.15, 0.2) is 21.3 Å². The first-order valence-electron chi connectivity index (χ1n) is 4.70. The highest BCUT2D eigenvalue weighted by Crippen LogP contribution is 2.11. The van der Waals surface area contributed by atoms with Gasteiger partial charge in [0, 0.05) is 29.8 Å². The van der Waals surface area contributed by atoms with Crippen molar-refractivity contribution in [3.8, 4) is 0 Å². The van der Waals surface area contributed by atoms with Crippen molar-refractivity contribution in [2.45, 2.75) is 0 Å². The van der Waals surface area contributed by atoms with E-state index >= 15 is 0 Å². The summed E-state index contributed by atoms with van der Waals surface area (Å²) < 4.78 is 11.5. The quantitative estimate of drug-likeness (QED) is 0.541. The second-order valence-corrected chi connectivity index (χ2v) is 4.33. The van der Waals surface area contributed by atoms with E-state index in [0.29, 0.717) is 19.1 Å². The van der Waals surface area contributed by atoms with Crippen molar-refractivity contribution < 1.29 is 9.15 Å². The van der Waals surface area contributed by atoms with E-state index in [-0.39, 0.29) is 5.43 Å². The number of hydrogen-bond acceptors (Lipinski definition) is 4. The Hall–Kier alpha value is -0.758. The zero-order valence-electron chi connectivity index (χ0n) is 8.16. The van der Waals surface area contributed by atoms with Gasteiger partial charge in [0.05, 0.1) is 13.2 Å². The molecule has 1 aromatic heterocycles. The lowest BCUT2D eigenvalue weighted by Gasteiger charge is -2.27. The Kier molecular flexibility index (Phi) is 2.92. The zero-order chi connectivity index (χ0) is 9.97. The van der Waals surface area contributed by atoms with Gasteiger partial charge in [0.15, 0.2) is 11.3 Å². The van der Waals surface area contributed by atoms with Crippen LogP contribution in [0.2, 0.25) is 0 Å². The molecular formula is C9H12AlNO3. The number of ether oxygens (including phenoxy) is 1. The summed E-state index contributed by atoms with van der Waals surface area (Å²) in [7, 11) is 0. The summed E-state index contributed by atoms with van der Waals surface area (Å²) in [6, 6.07) is 3.10. The molecule has 1 saturated heterocycles. The number of anilines is 1. The maximum atomic E-state index is 11.3. The summed E-state index contributed by atoms with van der Waals surface area (Å²) in [5.74, 6) is 0.686. The first-order valence-corrected chi connectivity index (χ1v) is 5.70. The number of morpholine rings is 1. The second kappa shape index (κ2) is 4.18. The van der Waals surface area contributed by atoms with E-state index in [0.717, 1.165) is 34.0 Å². The summed E-state index contributed by atoms with van der Waals surface area (Å²) in [6.45, 7) is 3.01. The van der Waals surface area contributed by atoms with Gasteiger partial charge in [-0.3, -0.25) is 4.79 Å². The molecule has 0 aliphatic carbocycles. The van der Waals surface area contributed by atoms with Gasteiger partial charge in [0.1, 0.15) is 0 Å². The molecule has 74 valence electrons. The van der Waals surface area contributed by atoms with Crippen LogP contribution in [0.4, 0.5) is 5.88 Å². The van der Waals surface area contributed by atoms with Gasteiger partial charge < -0.3 is 14.1 Å². The summed E-state index contributed by atoms with van der Waals surface area (Å²) in [4.78, 5) is 13.3. The Bertz CT molecular complexity index is 371. The first-order chi connectivity index (χ1) is 6.75. The monoisotopic (exact) mass is 209 g/mol. The normalized spacial score (nSPS) is 17.0. The molecule has 2 heterocycles. The first kappa shape index (κ1) is 9.78. The van der Waals surface area contributed by atoms with Crippen LogP contribution in [0, 0.1) is 0 Å². The van der Waals surface area contributed by atoms with Crippen LogP contribution in [-0.2, 0) is 4.74 Å². The van der Waals surface area contributed by atoms with E-state index in [1.165, 1.54) is 0 Å². The Morgan fingerprint density at radius 1 is 1.29 bits per heavy atom. The van der Waals surface area contributed by atoms with Crippen LogP contribution in [0.3, 0.4) is 0 Å². The Labute approximate surface area is 89.9 Å². The Morgan fingerprint density at radius 3 is 2.64 bits per heavy atom. The second-order valence-electron chi connectivity index (χ2n) is 3.34. The molecule has 0 unspecified atom stereocenters. The minimum atomic E-state index is 0.0303. The van der Waals surface area contributed by atoms with Crippen molar-refractivity contribution in [2.75, 3.05) is 31.2 Å². The van der Waals surface area contributed by atoms with Gasteiger partial charge in [-0.05, 0) is 0 Å². The third kappa shape index (κ3) is 2.18. The maximum absolute atomic E-state index is 11.3. The lowest BCUT2D eigenvalue weighted by Crippen LogP contribution is -2.37. The summed E-state index contributed by atoms with van der Waals surface area (Å²) in [5.41, 5.74) is 0.0303. The van der Waals surface area contributed by atoms with Crippen molar-refractivity contribution in [2.24, 2.45) is 0 Å². The minimum absolute atomic E-state index is 0.0303. The molecule has 1 aliphatic heterocycles. The van der Waals surface area contributed by atoms with Gasteiger partial charge in [0.2, 0.25) is 0 Å². The van der Waals surface area contributed by atoms with Gasteiger partial charge in [-0.15, -0.1) is 0 Å². The van der Waals surface area contributed by atoms with E-state index < -0.39 is 0 Å². The third-order valence-electron chi connectivity index (χ3n) is 2.20. The minimum Gasteiger partial charge on any atom is -0.465 e. The van der Waals surface area contributed by atoms with E-state index in [9.17, 15) is 4.79 Å². The predicted octanol–water partition coefficient (Wildman–Crippen LogP) is -1.27. The van der Waals surface area contributed by atoms with E-state index in [2.05, 4.69) is 0 Å². The maximum Gasteiger partial charge on any atom is 0.318 e. The Morgan fingerprint density at radius 2 is 2.00 bits per heavy atom.